The van der Waals surface area contributed by atoms with Crippen LogP contribution in [0.5, 0.6) is 0 Å². The van der Waals surface area contributed by atoms with Crippen LogP contribution < -0.4 is 15.1 Å². The van der Waals surface area contributed by atoms with Gasteiger partial charge in [0.15, 0.2) is 11.5 Å². The predicted molar refractivity (Wildman–Crippen MR) is 167 cm³/mol. The van der Waals surface area contributed by atoms with Gasteiger partial charge in [0.2, 0.25) is 0 Å². The van der Waals surface area contributed by atoms with E-state index in [-0.39, 0.29) is 29.9 Å². The zero-order valence-electron chi connectivity index (χ0n) is 26.1. The van der Waals surface area contributed by atoms with E-state index in [1.165, 1.54) is 18.9 Å². The molecule has 45 heavy (non-hydrogen) atoms. The minimum absolute atomic E-state index is 0.0849. The molecule has 12 nitrogen and oxygen atoms in total. The minimum Gasteiger partial charge on any atom is -0.464 e. The Bertz CT molecular complexity index is 1410. The van der Waals surface area contributed by atoms with Crippen molar-refractivity contribution < 1.29 is 33.3 Å². The molecule has 0 radical (unpaired) electrons. The average Bonchev–Trinajstić information content (AvgIpc) is 3.27. The number of rotatable bonds is 8. The van der Waals surface area contributed by atoms with Crippen LogP contribution in [0.3, 0.4) is 0 Å². The number of anilines is 2. The van der Waals surface area contributed by atoms with Crippen molar-refractivity contribution in [2.75, 3.05) is 63.0 Å². The molecule has 3 saturated heterocycles. The number of halogens is 2. The second kappa shape index (κ2) is 13.0. The summed E-state index contributed by atoms with van der Waals surface area (Å²) in [7, 11) is 1.30. The standard InChI is InChI=1S/C30H40ClFN6O6S/c1-18-23(36-27(41)44-28(2,3)4)30(17-43-18)7-10-37(11-8-30)25-22(26(40)42-5)35-20(12-34-25)45-19-6-9-33-24(21(19)31)38-14-29(13-32,15-38)16-39/h6,9,12,18,23,39H,7-8,10-11,13-17H2,1-5H3,(H,36,41)/t18-,23+/m0/s1. The smallest absolute Gasteiger partial charge is 0.407 e. The van der Waals surface area contributed by atoms with Crippen LogP contribution in [0.1, 0.15) is 51.0 Å². The number of carbonyl (C=O) groups is 2. The van der Waals surface area contributed by atoms with Crippen molar-refractivity contribution in [3.63, 3.8) is 0 Å². The summed E-state index contributed by atoms with van der Waals surface area (Å²) < 4.78 is 30.0. The number of carbonyl (C=O) groups excluding carboxylic acids is 2. The van der Waals surface area contributed by atoms with E-state index in [4.69, 9.17) is 25.8 Å². The molecule has 0 bridgehead atoms. The van der Waals surface area contributed by atoms with Gasteiger partial charge in [-0.15, -0.1) is 0 Å². The highest BCUT2D eigenvalue weighted by Crippen LogP contribution is 2.44. The molecule has 3 fully saturated rings. The van der Waals surface area contributed by atoms with Crippen molar-refractivity contribution in [1.29, 1.82) is 0 Å². The number of methoxy groups -OCH3 is 1. The lowest BCUT2D eigenvalue weighted by Gasteiger charge is -2.48. The first-order valence-electron chi connectivity index (χ1n) is 14.9. The number of pyridine rings is 1. The molecule has 3 aliphatic heterocycles. The summed E-state index contributed by atoms with van der Waals surface area (Å²) in [5, 5.41) is 13.4. The van der Waals surface area contributed by atoms with E-state index in [1.807, 2.05) is 37.5 Å². The van der Waals surface area contributed by atoms with Gasteiger partial charge in [-0.25, -0.2) is 24.5 Å². The van der Waals surface area contributed by atoms with E-state index in [9.17, 15) is 19.1 Å². The van der Waals surface area contributed by atoms with Crippen molar-refractivity contribution in [2.45, 2.75) is 68.2 Å². The molecule has 0 unspecified atom stereocenters. The largest absolute Gasteiger partial charge is 0.464 e. The highest BCUT2D eigenvalue weighted by molar-refractivity contribution is 7.99. The molecule has 15 heteroatoms. The topological polar surface area (TPSA) is 139 Å². The number of esters is 1. The summed E-state index contributed by atoms with van der Waals surface area (Å²) in [6.45, 7) is 8.81. The Morgan fingerprint density at radius 1 is 1.22 bits per heavy atom. The second-order valence-electron chi connectivity index (χ2n) is 13.1. The summed E-state index contributed by atoms with van der Waals surface area (Å²) >= 11 is 7.92. The fourth-order valence-corrected chi connectivity index (χ4v) is 7.28. The fraction of sp³-hybridized carbons (Fsp3) is 0.633. The molecule has 5 heterocycles. The number of hydrogen-bond donors (Lipinski definition) is 2. The number of aliphatic hydroxyl groups excluding tert-OH is 1. The summed E-state index contributed by atoms with van der Waals surface area (Å²) in [4.78, 5) is 43.6. The minimum atomic E-state index is -0.794. The maximum Gasteiger partial charge on any atom is 0.407 e. The van der Waals surface area contributed by atoms with E-state index in [0.29, 0.717) is 72.2 Å². The molecular weight excluding hydrogens is 627 g/mol. The summed E-state index contributed by atoms with van der Waals surface area (Å²) in [6.07, 6.45) is 3.94. The summed E-state index contributed by atoms with van der Waals surface area (Å²) in [5.74, 6) is 0.290. The number of nitrogens with one attached hydrogen (secondary N) is 1. The molecule has 0 aliphatic carbocycles. The Kier molecular flexibility index (Phi) is 9.69. The van der Waals surface area contributed by atoms with E-state index >= 15 is 0 Å². The molecule has 1 amide bonds. The van der Waals surface area contributed by atoms with Crippen LogP contribution in [0.25, 0.3) is 0 Å². The fourth-order valence-electron chi connectivity index (χ4n) is 6.15. The Balaban J connectivity index is 1.30. The molecule has 1 spiro atoms. The van der Waals surface area contributed by atoms with Gasteiger partial charge >= 0.3 is 12.1 Å². The SMILES string of the molecule is COC(=O)c1nc(Sc2ccnc(N3CC(CO)(CF)C3)c2Cl)cnc1N1CCC2(CC1)CO[C@@H](C)[C@H]2NC(=O)OC(C)(C)C. The zero-order valence-corrected chi connectivity index (χ0v) is 27.7. The molecule has 2 N–H and O–H groups in total. The van der Waals surface area contributed by atoms with Gasteiger partial charge in [-0.2, -0.15) is 0 Å². The molecule has 246 valence electrons. The number of alkyl carbamates (subject to hydrolysis) is 1. The van der Waals surface area contributed by atoms with E-state index in [1.54, 1.807) is 18.5 Å². The number of piperidine rings is 1. The third kappa shape index (κ3) is 6.93. The summed E-state index contributed by atoms with van der Waals surface area (Å²) in [6, 6.07) is 1.51. The maximum atomic E-state index is 13.4. The van der Waals surface area contributed by atoms with Crippen LogP contribution in [0.4, 0.5) is 20.8 Å². The zero-order chi connectivity index (χ0) is 32.6. The number of nitrogens with zero attached hydrogens (tertiary/aromatic N) is 5. The molecule has 2 aromatic heterocycles. The Morgan fingerprint density at radius 2 is 1.93 bits per heavy atom. The van der Waals surface area contributed by atoms with Crippen LogP contribution in [-0.2, 0) is 14.2 Å². The maximum absolute atomic E-state index is 13.4. The molecular formula is C30H40ClFN6O6S. The van der Waals surface area contributed by atoms with Crippen molar-refractivity contribution in [3.05, 3.63) is 29.2 Å². The third-order valence-electron chi connectivity index (χ3n) is 8.62. The lowest BCUT2D eigenvalue weighted by atomic mass is 9.73. The molecule has 5 rings (SSSR count). The first kappa shape index (κ1) is 33.4. The Hall–Kier alpha value is -2.94. The van der Waals surface area contributed by atoms with Crippen LogP contribution in [-0.4, -0.2) is 103 Å². The van der Waals surface area contributed by atoms with E-state index in [0.717, 1.165) is 0 Å². The van der Waals surface area contributed by atoms with Gasteiger partial charge in [0, 0.05) is 42.7 Å². The first-order valence-corrected chi connectivity index (χ1v) is 16.1. The average molecular weight is 667 g/mol. The highest BCUT2D eigenvalue weighted by Gasteiger charge is 2.51. The number of alkyl halides is 1. The van der Waals surface area contributed by atoms with Crippen molar-refractivity contribution >= 4 is 47.1 Å². The van der Waals surface area contributed by atoms with Gasteiger partial charge in [-0.05, 0) is 46.6 Å². The first-order chi connectivity index (χ1) is 21.3. The molecule has 2 atom stereocenters. The second-order valence-corrected chi connectivity index (χ2v) is 14.5. The van der Waals surface area contributed by atoms with Crippen LogP contribution in [0.2, 0.25) is 5.02 Å². The third-order valence-corrected chi connectivity index (χ3v) is 10.1. The lowest BCUT2D eigenvalue weighted by Crippen LogP contribution is -2.60. The Morgan fingerprint density at radius 3 is 2.56 bits per heavy atom. The van der Waals surface area contributed by atoms with Crippen LogP contribution in [0, 0.1) is 10.8 Å². The molecule has 0 saturated carbocycles. The van der Waals surface area contributed by atoms with Crippen molar-refractivity contribution in [2.24, 2.45) is 10.8 Å². The van der Waals surface area contributed by atoms with Crippen LogP contribution >= 0.6 is 23.4 Å². The number of aliphatic hydroxyl groups is 1. The monoisotopic (exact) mass is 666 g/mol. The molecule has 2 aromatic rings. The Labute approximate surface area is 271 Å². The number of hydrogen-bond acceptors (Lipinski definition) is 12. The van der Waals surface area contributed by atoms with Crippen LogP contribution in [0.15, 0.2) is 28.4 Å². The molecule has 0 aromatic carbocycles. The quantitative estimate of drug-likeness (QED) is 0.392. The van der Waals surface area contributed by atoms with Gasteiger partial charge in [0.1, 0.15) is 23.1 Å². The van der Waals surface area contributed by atoms with E-state index < -0.39 is 29.8 Å². The van der Waals surface area contributed by atoms with Crippen molar-refractivity contribution in [1.82, 2.24) is 20.3 Å². The number of ether oxygens (including phenoxy) is 3. The van der Waals surface area contributed by atoms with E-state index in [2.05, 4.69) is 20.3 Å². The van der Waals surface area contributed by atoms with Gasteiger partial charge in [-0.1, -0.05) is 23.4 Å². The highest BCUT2D eigenvalue weighted by atomic mass is 35.5. The lowest BCUT2D eigenvalue weighted by molar-refractivity contribution is 0.0433. The predicted octanol–water partition coefficient (Wildman–Crippen LogP) is 4.13. The normalized spacial score (nSPS) is 22.2. The van der Waals surface area contributed by atoms with Gasteiger partial charge in [0.25, 0.3) is 0 Å². The van der Waals surface area contributed by atoms with Gasteiger partial charge in [-0.3, -0.25) is 4.39 Å². The van der Waals surface area contributed by atoms with Gasteiger partial charge < -0.3 is 34.4 Å². The number of aromatic nitrogens is 3. The van der Waals surface area contributed by atoms with Crippen molar-refractivity contribution in [3.8, 4) is 0 Å². The molecule has 3 aliphatic rings. The number of amides is 1. The summed E-state index contributed by atoms with van der Waals surface area (Å²) in [5.41, 5.74) is -1.60. The van der Waals surface area contributed by atoms with Gasteiger partial charge in [0.05, 0.1) is 49.1 Å².